The lowest BCUT2D eigenvalue weighted by Gasteiger charge is -2.21. The average molecular weight is 504 g/mol. The van der Waals surface area contributed by atoms with E-state index in [0.717, 1.165) is 47.8 Å². The van der Waals surface area contributed by atoms with Gasteiger partial charge in [0, 0.05) is 0 Å². The van der Waals surface area contributed by atoms with E-state index < -0.39 is 16.1 Å². The Morgan fingerprint density at radius 3 is 2.36 bits per heavy atom. The molecule has 4 rings (SSSR count). The van der Waals surface area contributed by atoms with E-state index in [9.17, 15) is 8.42 Å². The molecule has 4 aromatic rings. The molecule has 0 radical (unpaired) electrons. The minimum absolute atomic E-state index is 0.182. The van der Waals surface area contributed by atoms with Gasteiger partial charge in [-0.05, 0) is 49.6 Å². The van der Waals surface area contributed by atoms with Crippen molar-refractivity contribution in [2.45, 2.75) is 63.3 Å². The first-order chi connectivity index (χ1) is 17.5. The molecule has 1 heterocycles. The Bertz CT molecular complexity index is 1400. The summed E-state index contributed by atoms with van der Waals surface area (Å²) in [5, 5.41) is 13.4. The second-order valence-electron chi connectivity index (χ2n) is 9.01. The normalized spacial score (nSPS) is 13.1. The number of hydrogen-bond donors (Lipinski definition) is 1. The van der Waals surface area contributed by atoms with Crippen molar-refractivity contribution in [1.29, 1.82) is 0 Å². The topological polar surface area (TPSA) is 89.2 Å². The zero-order valence-corrected chi connectivity index (χ0v) is 21.7. The molecule has 0 aliphatic rings. The van der Waals surface area contributed by atoms with Gasteiger partial charge >= 0.3 is 0 Å². The van der Waals surface area contributed by atoms with Crippen LogP contribution in [0.5, 0.6) is 0 Å². The first-order valence-electron chi connectivity index (χ1n) is 12.5. The first-order valence-corrected chi connectivity index (χ1v) is 14.0. The zero-order valence-electron chi connectivity index (χ0n) is 20.8. The van der Waals surface area contributed by atoms with Gasteiger partial charge in [-0.1, -0.05) is 98.0 Å². The van der Waals surface area contributed by atoms with Crippen LogP contribution in [-0.2, 0) is 10.0 Å². The molecule has 3 aromatic carbocycles. The van der Waals surface area contributed by atoms with E-state index in [1.807, 2.05) is 66.2 Å². The van der Waals surface area contributed by atoms with Gasteiger partial charge in [-0.15, -0.1) is 5.10 Å². The number of rotatable bonds is 12. The molecule has 1 atom stereocenters. The van der Waals surface area contributed by atoms with Gasteiger partial charge in [0.25, 0.3) is 10.0 Å². The third kappa shape index (κ3) is 6.18. The molecule has 0 bridgehead atoms. The third-order valence-electron chi connectivity index (χ3n) is 6.23. The standard InChI is InChI=1S/C28H33N5O2S/c1-3-4-5-6-10-16-26(30-32-36(34,35)24-20-18-22(2)19-21-24)28(23-13-8-7-9-14-23)33-27-17-12-11-15-25(27)29-31-33/h7-9,11-15,17-21,28,32H,3-6,10,16H2,1-2H3/b30-26+. The summed E-state index contributed by atoms with van der Waals surface area (Å²) >= 11 is 0. The summed E-state index contributed by atoms with van der Waals surface area (Å²) in [7, 11) is -3.82. The Morgan fingerprint density at radius 1 is 0.917 bits per heavy atom. The molecule has 0 spiro atoms. The van der Waals surface area contributed by atoms with Crippen LogP contribution in [0.25, 0.3) is 11.0 Å². The van der Waals surface area contributed by atoms with Crippen LogP contribution in [0.15, 0.2) is 88.9 Å². The minimum atomic E-state index is -3.82. The maximum absolute atomic E-state index is 13.1. The van der Waals surface area contributed by atoms with Gasteiger partial charge in [-0.2, -0.15) is 13.5 Å². The van der Waals surface area contributed by atoms with Crippen molar-refractivity contribution >= 4 is 26.8 Å². The molecule has 0 aliphatic carbocycles. The fourth-order valence-electron chi connectivity index (χ4n) is 4.24. The van der Waals surface area contributed by atoms with E-state index in [1.54, 1.807) is 24.3 Å². The van der Waals surface area contributed by atoms with Gasteiger partial charge in [0.1, 0.15) is 11.6 Å². The summed E-state index contributed by atoms with van der Waals surface area (Å²) in [6.07, 6.45) is 6.07. The number of hydrogen-bond acceptors (Lipinski definition) is 5. The van der Waals surface area contributed by atoms with Crippen LogP contribution in [0.2, 0.25) is 0 Å². The van der Waals surface area contributed by atoms with Gasteiger partial charge in [-0.3, -0.25) is 0 Å². The molecule has 0 saturated carbocycles. The molecule has 8 heteroatoms. The largest absolute Gasteiger partial charge is 0.276 e. The van der Waals surface area contributed by atoms with Crippen LogP contribution >= 0.6 is 0 Å². The second kappa shape index (κ2) is 11.9. The summed E-state index contributed by atoms with van der Waals surface area (Å²) in [6, 6.07) is 24.0. The minimum Gasteiger partial charge on any atom is -0.231 e. The number of para-hydroxylation sites is 1. The molecule has 0 saturated heterocycles. The lowest BCUT2D eigenvalue weighted by atomic mass is 9.97. The third-order valence-corrected chi connectivity index (χ3v) is 7.45. The summed E-state index contributed by atoms with van der Waals surface area (Å²) in [5.41, 5.74) is 4.30. The van der Waals surface area contributed by atoms with Crippen LogP contribution < -0.4 is 4.83 Å². The first kappa shape index (κ1) is 25.6. The molecule has 7 nitrogen and oxygen atoms in total. The molecule has 0 fully saturated rings. The number of hydrazone groups is 1. The molecule has 188 valence electrons. The van der Waals surface area contributed by atoms with Crippen molar-refractivity contribution < 1.29 is 8.42 Å². The van der Waals surface area contributed by atoms with E-state index in [1.165, 1.54) is 6.42 Å². The molecule has 1 N–H and O–H groups in total. The molecular weight excluding hydrogens is 470 g/mol. The van der Waals surface area contributed by atoms with Crippen LogP contribution in [0.1, 0.15) is 62.6 Å². The number of fused-ring (bicyclic) bond motifs is 1. The summed E-state index contributed by atoms with van der Waals surface area (Å²) in [5.74, 6) is 0. The van der Waals surface area contributed by atoms with Gasteiger partial charge in [0.15, 0.2) is 0 Å². The van der Waals surface area contributed by atoms with Crippen LogP contribution in [-0.4, -0.2) is 29.1 Å². The van der Waals surface area contributed by atoms with E-state index in [2.05, 4.69) is 27.2 Å². The predicted octanol–water partition coefficient (Wildman–Crippen LogP) is 6.02. The summed E-state index contributed by atoms with van der Waals surface area (Å²) in [4.78, 5) is 2.69. The van der Waals surface area contributed by atoms with E-state index in [-0.39, 0.29) is 4.90 Å². The van der Waals surface area contributed by atoms with E-state index >= 15 is 0 Å². The van der Waals surface area contributed by atoms with Crippen molar-refractivity contribution in [2.24, 2.45) is 5.10 Å². The molecular formula is C28H33N5O2S. The van der Waals surface area contributed by atoms with Gasteiger partial charge in [0.2, 0.25) is 0 Å². The number of nitrogens with zero attached hydrogens (tertiary/aromatic N) is 4. The average Bonchev–Trinajstić information content (AvgIpc) is 3.31. The Hall–Kier alpha value is -3.52. The lowest BCUT2D eigenvalue weighted by molar-refractivity contribution is 0.579. The maximum atomic E-state index is 13.1. The summed E-state index contributed by atoms with van der Waals surface area (Å²) < 4.78 is 28.0. The molecule has 1 unspecified atom stereocenters. The van der Waals surface area contributed by atoms with Crippen LogP contribution in [0.3, 0.4) is 0 Å². The van der Waals surface area contributed by atoms with Crippen molar-refractivity contribution in [1.82, 2.24) is 19.8 Å². The van der Waals surface area contributed by atoms with Gasteiger partial charge in [-0.25, -0.2) is 9.51 Å². The van der Waals surface area contributed by atoms with Gasteiger partial charge in [0.05, 0.1) is 16.1 Å². The fraction of sp³-hybridized carbons (Fsp3) is 0.321. The highest BCUT2D eigenvalue weighted by molar-refractivity contribution is 7.89. The predicted molar refractivity (Wildman–Crippen MR) is 144 cm³/mol. The van der Waals surface area contributed by atoms with Crippen molar-refractivity contribution in [3.05, 3.63) is 90.0 Å². The number of unbranched alkanes of at least 4 members (excludes halogenated alkanes) is 4. The SMILES string of the molecule is CCCCCCC/C(=N\NS(=O)(=O)c1ccc(C)cc1)C(c1ccccc1)n1nnc2ccccc21. The highest BCUT2D eigenvalue weighted by Crippen LogP contribution is 2.26. The smallest absolute Gasteiger partial charge is 0.231 e. The highest BCUT2D eigenvalue weighted by Gasteiger charge is 2.25. The second-order valence-corrected chi connectivity index (χ2v) is 10.7. The summed E-state index contributed by atoms with van der Waals surface area (Å²) in [6.45, 7) is 4.11. The molecule has 1 aromatic heterocycles. The van der Waals surface area contributed by atoms with Crippen molar-refractivity contribution in [2.75, 3.05) is 0 Å². The van der Waals surface area contributed by atoms with Crippen LogP contribution in [0, 0.1) is 6.92 Å². The maximum Gasteiger partial charge on any atom is 0.276 e. The Balaban J connectivity index is 1.74. The van der Waals surface area contributed by atoms with Gasteiger partial charge < -0.3 is 0 Å². The zero-order chi connectivity index (χ0) is 25.4. The van der Waals surface area contributed by atoms with E-state index in [4.69, 9.17) is 0 Å². The lowest BCUT2D eigenvalue weighted by Crippen LogP contribution is -2.27. The Kier molecular flexibility index (Phi) is 8.48. The van der Waals surface area contributed by atoms with Crippen LogP contribution in [0.4, 0.5) is 0 Å². The Morgan fingerprint density at radius 2 is 1.61 bits per heavy atom. The quantitative estimate of drug-likeness (QED) is 0.145. The molecule has 0 aliphatic heterocycles. The Labute approximate surface area is 213 Å². The number of aryl methyl sites for hydroxylation is 1. The number of nitrogens with one attached hydrogen (secondary N) is 1. The molecule has 36 heavy (non-hydrogen) atoms. The van der Waals surface area contributed by atoms with E-state index in [0.29, 0.717) is 12.1 Å². The number of aromatic nitrogens is 3. The van der Waals surface area contributed by atoms with Crippen molar-refractivity contribution in [3.63, 3.8) is 0 Å². The highest BCUT2D eigenvalue weighted by atomic mass is 32.2. The number of sulfonamides is 1. The monoisotopic (exact) mass is 503 g/mol. The van der Waals surface area contributed by atoms with Crippen molar-refractivity contribution in [3.8, 4) is 0 Å². The fourth-order valence-corrected chi connectivity index (χ4v) is 5.08. The molecule has 0 amide bonds. The number of benzene rings is 3.